The molecule has 0 saturated carbocycles. The number of phosphoric ester groups is 2. The maximum atomic E-state index is 13.1. The van der Waals surface area contributed by atoms with E-state index in [4.69, 9.17) is 37.0 Å². The van der Waals surface area contributed by atoms with Gasteiger partial charge in [-0.3, -0.25) is 37.3 Å². The minimum absolute atomic E-state index is 0.107. The second kappa shape index (κ2) is 68.2. The minimum Gasteiger partial charge on any atom is -0.462 e. The van der Waals surface area contributed by atoms with Gasteiger partial charge in [-0.25, -0.2) is 9.13 Å². The molecular weight excluding hydrogens is 1230 g/mol. The summed E-state index contributed by atoms with van der Waals surface area (Å²) in [4.78, 5) is 72.6. The highest BCUT2D eigenvalue weighted by atomic mass is 31.2. The number of ether oxygens (including phenoxy) is 4. The maximum Gasteiger partial charge on any atom is 0.472 e. The molecule has 5 atom stereocenters. The highest BCUT2D eigenvalue weighted by molar-refractivity contribution is 7.47. The van der Waals surface area contributed by atoms with E-state index in [-0.39, 0.29) is 25.7 Å². The van der Waals surface area contributed by atoms with Gasteiger partial charge in [-0.15, -0.1) is 0 Å². The molecule has 0 spiro atoms. The van der Waals surface area contributed by atoms with Crippen LogP contribution in [0, 0.1) is 5.92 Å². The van der Waals surface area contributed by atoms with Gasteiger partial charge in [0.1, 0.15) is 19.3 Å². The summed E-state index contributed by atoms with van der Waals surface area (Å²) < 4.78 is 68.3. The second-order valence-corrected chi connectivity index (χ2v) is 30.4. The third kappa shape index (κ3) is 68.6. The van der Waals surface area contributed by atoms with Gasteiger partial charge in [0, 0.05) is 25.7 Å². The van der Waals surface area contributed by atoms with Gasteiger partial charge in [0.2, 0.25) is 0 Å². The van der Waals surface area contributed by atoms with Gasteiger partial charge in [-0.1, -0.05) is 343 Å². The Balaban J connectivity index is 5.16. The predicted molar refractivity (Wildman–Crippen MR) is 382 cm³/mol. The molecule has 558 valence electrons. The number of unbranched alkanes of at least 4 members (excludes halogenated alkanes) is 47. The fourth-order valence-corrected chi connectivity index (χ4v) is 13.1. The van der Waals surface area contributed by atoms with E-state index in [1.807, 2.05) is 0 Å². The fourth-order valence-electron chi connectivity index (χ4n) is 11.5. The van der Waals surface area contributed by atoms with Crippen molar-refractivity contribution in [2.24, 2.45) is 5.92 Å². The molecule has 0 radical (unpaired) electrons. The van der Waals surface area contributed by atoms with Gasteiger partial charge in [0.25, 0.3) is 0 Å². The van der Waals surface area contributed by atoms with Gasteiger partial charge >= 0.3 is 39.5 Å². The van der Waals surface area contributed by atoms with Crippen LogP contribution in [0.5, 0.6) is 0 Å². The standard InChI is InChI=1S/C75H146O17P2/c1-6-9-12-15-18-20-22-23-24-25-26-27-28-29-30-31-37-41-46-51-56-61-75(80)92-71(65-86-73(78)59-54-49-44-39-36-33-32-35-38-43-47-52-57-68(4)5)67-90-94(83,84)88-63-69(76)62-87-93(81,82)89-66-70(64-85-72(77)58-53-48-42-17-14-11-8-3)91-74(79)60-55-50-45-40-34-21-19-16-13-10-7-2/h68-71,76H,6-67H2,1-5H3,(H,81,82)(H,83,84)/t69-,70+,71+/m0/s1. The summed E-state index contributed by atoms with van der Waals surface area (Å²) in [5, 5.41) is 10.6. The zero-order valence-corrected chi connectivity index (χ0v) is 62.9. The van der Waals surface area contributed by atoms with E-state index in [2.05, 4.69) is 34.6 Å². The Hall–Kier alpha value is -1.94. The molecule has 17 nitrogen and oxygen atoms in total. The molecule has 0 rings (SSSR count). The lowest BCUT2D eigenvalue weighted by Crippen LogP contribution is -2.30. The number of hydrogen-bond donors (Lipinski definition) is 3. The van der Waals surface area contributed by atoms with Crippen LogP contribution in [-0.4, -0.2) is 96.7 Å². The predicted octanol–water partition coefficient (Wildman–Crippen LogP) is 22.1. The average Bonchev–Trinajstić information content (AvgIpc) is 1.34. The van der Waals surface area contributed by atoms with Gasteiger partial charge in [0.05, 0.1) is 26.4 Å². The number of phosphoric acid groups is 2. The molecule has 0 fully saturated rings. The summed E-state index contributed by atoms with van der Waals surface area (Å²) in [6, 6.07) is 0. The van der Waals surface area contributed by atoms with E-state index in [1.54, 1.807) is 0 Å². The molecule has 0 heterocycles. The third-order valence-corrected chi connectivity index (χ3v) is 19.4. The number of rotatable bonds is 75. The Morgan fingerprint density at radius 3 is 0.723 bits per heavy atom. The number of esters is 4. The third-order valence-electron chi connectivity index (χ3n) is 17.5. The van der Waals surface area contributed by atoms with Crippen molar-refractivity contribution in [3.63, 3.8) is 0 Å². The van der Waals surface area contributed by atoms with Crippen LogP contribution in [0.2, 0.25) is 0 Å². The average molecular weight is 1380 g/mol. The molecule has 0 aromatic rings. The Kier molecular flexibility index (Phi) is 66.8. The van der Waals surface area contributed by atoms with E-state index >= 15 is 0 Å². The Morgan fingerprint density at radius 1 is 0.287 bits per heavy atom. The number of carbonyl (C=O) groups is 4. The molecule has 0 bridgehead atoms. The number of aliphatic hydroxyl groups is 1. The number of aliphatic hydroxyl groups excluding tert-OH is 1. The monoisotopic (exact) mass is 1380 g/mol. The van der Waals surface area contributed by atoms with Crippen molar-refractivity contribution < 1.29 is 80.2 Å². The zero-order valence-electron chi connectivity index (χ0n) is 61.1. The molecular formula is C75H146O17P2. The summed E-state index contributed by atoms with van der Waals surface area (Å²) in [6.07, 6.45) is 57.1. The van der Waals surface area contributed by atoms with Crippen molar-refractivity contribution in [2.75, 3.05) is 39.6 Å². The second-order valence-electron chi connectivity index (χ2n) is 27.5. The minimum atomic E-state index is -4.95. The molecule has 2 unspecified atom stereocenters. The quantitative estimate of drug-likeness (QED) is 0.0222. The van der Waals surface area contributed by atoms with Crippen LogP contribution in [0.25, 0.3) is 0 Å². The van der Waals surface area contributed by atoms with Crippen LogP contribution in [0.3, 0.4) is 0 Å². The number of carbonyl (C=O) groups excluding carboxylic acids is 4. The molecule has 0 aromatic carbocycles. The smallest absolute Gasteiger partial charge is 0.462 e. The van der Waals surface area contributed by atoms with E-state index in [9.17, 15) is 43.2 Å². The lowest BCUT2D eigenvalue weighted by Gasteiger charge is -2.21. The molecule has 3 N–H and O–H groups in total. The zero-order chi connectivity index (χ0) is 69.1. The molecule has 0 aliphatic heterocycles. The van der Waals surface area contributed by atoms with Crippen molar-refractivity contribution in [2.45, 2.75) is 412 Å². The van der Waals surface area contributed by atoms with Gasteiger partial charge < -0.3 is 33.8 Å². The lowest BCUT2D eigenvalue weighted by atomic mass is 10.0. The van der Waals surface area contributed by atoms with Gasteiger partial charge in [-0.05, 0) is 31.6 Å². The van der Waals surface area contributed by atoms with Crippen molar-refractivity contribution in [1.29, 1.82) is 0 Å². The molecule has 0 amide bonds. The Labute approximate surface area is 575 Å². The molecule has 0 aromatic heterocycles. The molecule has 0 aliphatic rings. The van der Waals surface area contributed by atoms with E-state index in [1.165, 1.54) is 205 Å². The summed E-state index contributed by atoms with van der Waals surface area (Å²) in [5.74, 6) is -1.34. The summed E-state index contributed by atoms with van der Waals surface area (Å²) in [7, 11) is -9.90. The maximum absolute atomic E-state index is 13.1. The molecule has 0 aliphatic carbocycles. The van der Waals surface area contributed by atoms with Crippen LogP contribution < -0.4 is 0 Å². The fraction of sp³-hybridized carbons (Fsp3) is 0.947. The summed E-state index contributed by atoms with van der Waals surface area (Å²) in [5.41, 5.74) is 0. The Bertz CT molecular complexity index is 1810. The first kappa shape index (κ1) is 92.1. The van der Waals surface area contributed by atoms with E-state index < -0.39 is 97.5 Å². The summed E-state index contributed by atoms with van der Waals surface area (Å²) >= 11 is 0. The highest BCUT2D eigenvalue weighted by Crippen LogP contribution is 2.45. The van der Waals surface area contributed by atoms with E-state index in [0.717, 1.165) is 109 Å². The SMILES string of the molecule is CCCCCCCCCCCCCCCCCCCCCCCC(=O)O[C@H](COC(=O)CCCCCCCCCCCCCCC(C)C)COP(=O)(O)OC[C@@H](O)COP(=O)(O)OC[C@@H](COC(=O)CCCCCCCCC)OC(=O)CCCCCCCCCCCCC. The van der Waals surface area contributed by atoms with Crippen molar-refractivity contribution in [3.05, 3.63) is 0 Å². The summed E-state index contributed by atoms with van der Waals surface area (Å²) in [6.45, 7) is 7.25. The first-order valence-electron chi connectivity index (χ1n) is 39.1. The van der Waals surface area contributed by atoms with Crippen LogP contribution in [0.1, 0.15) is 394 Å². The molecule has 19 heteroatoms. The first-order chi connectivity index (χ1) is 45.5. The first-order valence-corrected chi connectivity index (χ1v) is 42.1. The van der Waals surface area contributed by atoms with Crippen molar-refractivity contribution in [3.8, 4) is 0 Å². The van der Waals surface area contributed by atoms with Gasteiger partial charge in [-0.2, -0.15) is 0 Å². The van der Waals surface area contributed by atoms with Crippen LogP contribution >= 0.6 is 15.6 Å². The highest BCUT2D eigenvalue weighted by Gasteiger charge is 2.30. The molecule has 94 heavy (non-hydrogen) atoms. The number of hydrogen-bond acceptors (Lipinski definition) is 15. The topological polar surface area (TPSA) is 237 Å². The van der Waals surface area contributed by atoms with E-state index in [0.29, 0.717) is 25.7 Å². The van der Waals surface area contributed by atoms with Crippen molar-refractivity contribution in [1.82, 2.24) is 0 Å². The van der Waals surface area contributed by atoms with Crippen LogP contribution in [-0.2, 0) is 65.4 Å². The van der Waals surface area contributed by atoms with Crippen LogP contribution in [0.15, 0.2) is 0 Å². The van der Waals surface area contributed by atoms with Gasteiger partial charge in [0.15, 0.2) is 12.2 Å². The van der Waals surface area contributed by atoms with Crippen LogP contribution in [0.4, 0.5) is 0 Å². The molecule has 0 saturated heterocycles. The normalized spacial score (nSPS) is 14.0. The lowest BCUT2D eigenvalue weighted by molar-refractivity contribution is -0.161. The largest absolute Gasteiger partial charge is 0.472 e. The Morgan fingerprint density at radius 2 is 0.489 bits per heavy atom. The van der Waals surface area contributed by atoms with Crippen molar-refractivity contribution >= 4 is 39.5 Å².